The molecule has 0 aromatic heterocycles. The Balaban J connectivity index is 2.43. The molecule has 0 radical (unpaired) electrons. The summed E-state index contributed by atoms with van der Waals surface area (Å²) in [6, 6.07) is 6.30. The highest BCUT2D eigenvalue weighted by Crippen LogP contribution is 2.43. The molecule has 2 rings (SSSR count). The molecule has 0 amide bonds. The predicted octanol–water partition coefficient (Wildman–Crippen LogP) is 4.14. The van der Waals surface area contributed by atoms with E-state index in [0.29, 0.717) is 11.8 Å². The summed E-state index contributed by atoms with van der Waals surface area (Å²) in [7, 11) is 0. The van der Waals surface area contributed by atoms with Crippen LogP contribution in [0.2, 0.25) is 0 Å². The Morgan fingerprint density at radius 3 is 2.31 bits per heavy atom. The van der Waals surface area contributed by atoms with Gasteiger partial charge in [0.25, 0.3) is 0 Å². The molecule has 1 nitrogen and oxygen atoms in total. The average Bonchev–Trinajstić information content (AvgIpc) is 3.10. The molecule has 0 N–H and O–H groups in total. The fourth-order valence-corrected chi connectivity index (χ4v) is 2.49. The maximum Gasteiger partial charge on any atom is 0.150 e. The van der Waals surface area contributed by atoms with Crippen molar-refractivity contribution in [3.8, 4) is 0 Å². The van der Waals surface area contributed by atoms with Gasteiger partial charge in [-0.05, 0) is 41.7 Å². The van der Waals surface area contributed by atoms with Crippen LogP contribution in [0, 0.1) is 5.92 Å². The second-order valence-electron chi connectivity index (χ2n) is 5.25. The summed E-state index contributed by atoms with van der Waals surface area (Å²) in [5.74, 6) is 1.77. The first-order valence-electron chi connectivity index (χ1n) is 6.23. The summed E-state index contributed by atoms with van der Waals surface area (Å²) in [5, 5.41) is 0. The maximum absolute atomic E-state index is 11.3. The molecular formula is C15H20O. The van der Waals surface area contributed by atoms with Gasteiger partial charge in [0.2, 0.25) is 0 Å². The topological polar surface area (TPSA) is 17.1 Å². The molecule has 0 bridgehead atoms. The fraction of sp³-hybridized carbons (Fsp3) is 0.533. The van der Waals surface area contributed by atoms with Crippen molar-refractivity contribution >= 4 is 6.29 Å². The number of aldehydes is 1. The fourth-order valence-electron chi connectivity index (χ4n) is 2.49. The Morgan fingerprint density at radius 1 is 1.19 bits per heavy atom. The van der Waals surface area contributed by atoms with Crippen LogP contribution in [0.5, 0.6) is 0 Å². The van der Waals surface area contributed by atoms with Crippen molar-refractivity contribution in [2.45, 2.75) is 45.4 Å². The van der Waals surface area contributed by atoms with Crippen LogP contribution < -0.4 is 0 Å². The van der Waals surface area contributed by atoms with Crippen LogP contribution in [0.25, 0.3) is 0 Å². The normalized spacial score (nSPS) is 17.5. The van der Waals surface area contributed by atoms with Gasteiger partial charge in [0, 0.05) is 5.56 Å². The van der Waals surface area contributed by atoms with Crippen LogP contribution in [0.4, 0.5) is 0 Å². The lowest BCUT2D eigenvalue weighted by Gasteiger charge is -2.17. The second kappa shape index (κ2) is 4.40. The molecule has 0 unspecified atom stereocenters. The van der Waals surface area contributed by atoms with Gasteiger partial charge in [-0.15, -0.1) is 0 Å². The van der Waals surface area contributed by atoms with Crippen molar-refractivity contribution in [1.29, 1.82) is 0 Å². The van der Waals surface area contributed by atoms with Crippen molar-refractivity contribution in [2.24, 2.45) is 5.92 Å². The molecule has 86 valence electrons. The van der Waals surface area contributed by atoms with Crippen LogP contribution in [-0.4, -0.2) is 6.29 Å². The molecule has 0 saturated heterocycles. The Labute approximate surface area is 97.9 Å². The Kier molecular flexibility index (Phi) is 3.13. The number of hydrogen-bond donors (Lipinski definition) is 0. The SMILES string of the molecule is CC(C)c1cccc([C@H](C)C2CC2)c1C=O. The summed E-state index contributed by atoms with van der Waals surface area (Å²) in [5.41, 5.74) is 3.39. The van der Waals surface area contributed by atoms with E-state index in [2.05, 4.69) is 39.0 Å². The molecule has 1 heteroatoms. The smallest absolute Gasteiger partial charge is 0.150 e. The van der Waals surface area contributed by atoms with Crippen molar-refractivity contribution in [3.63, 3.8) is 0 Å². The molecule has 16 heavy (non-hydrogen) atoms. The van der Waals surface area contributed by atoms with E-state index in [4.69, 9.17) is 0 Å². The lowest BCUT2D eigenvalue weighted by molar-refractivity contribution is 0.112. The largest absolute Gasteiger partial charge is 0.298 e. The second-order valence-corrected chi connectivity index (χ2v) is 5.25. The number of benzene rings is 1. The molecule has 1 aliphatic rings. The van der Waals surface area contributed by atoms with Crippen LogP contribution in [-0.2, 0) is 0 Å². The summed E-state index contributed by atoms with van der Waals surface area (Å²) in [6.07, 6.45) is 3.69. The zero-order valence-corrected chi connectivity index (χ0v) is 10.4. The van der Waals surface area contributed by atoms with Gasteiger partial charge in [-0.1, -0.05) is 39.0 Å². The summed E-state index contributed by atoms with van der Waals surface area (Å²) in [6.45, 7) is 6.55. The minimum atomic E-state index is 0.423. The van der Waals surface area contributed by atoms with Crippen LogP contribution in [0.3, 0.4) is 0 Å². The van der Waals surface area contributed by atoms with E-state index in [-0.39, 0.29) is 0 Å². The van der Waals surface area contributed by atoms with Gasteiger partial charge >= 0.3 is 0 Å². The van der Waals surface area contributed by atoms with Gasteiger partial charge in [0.1, 0.15) is 0 Å². The Morgan fingerprint density at radius 2 is 1.81 bits per heavy atom. The first-order chi connectivity index (χ1) is 7.65. The summed E-state index contributed by atoms with van der Waals surface area (Å²) in [4.78, 5) is 11.3. The Hall–Kier alpha value is -1.11. The van der Waals surface area contributed by atoms with Gasteiger partial charge in [-0.25, -0.2) is 0 Å². The van der Waals surface area contributed by atoms with Gasteiger partial charge < -0.3 is 0 Å². The number of carbonyl (C=O) groups excluding carboxylic acids is 1. The number of hydrogen-bond acceptors (Lipinski definition) is 1. The first kappa shape index (κ1) is 11.4. The minimum absolute atomic E-state index is 0.423. The van der Waals surface area contributed by atoms with E-state index < -0.39 is 0 Å². The van der Waals surface area contributed by atoms with Crippen molar-refractivity contribution in [2.75, 3.05) is 0 Å². The molecule has 0 spiro atoms. The van der Waals surface area contributed by atoms with Crippen molar-refractivity contribution < 1.29 is 4.79 Å². The average molecular weight is 216 g/mol. The first-order valence-corrected chi connectivity index (χ1v) is 6.23. The minimum Gasteiger partial charge on any atom is -0.298 e. The van der Waals surface area contributed by atoms with Gasteiger partial charge in [0.15, 0.2) is 6.29 Å². The zero-order chi connectivity index (χ0) is 11.7. The van der Waals surface area contributed by atoms with Gasteiger partial charge in [-0.2, -0.15) is 0 Å². The third-order valence-electron chi connectivity index (χ3n) is 3.73. The van der Waals surface area contributed by atoms with E-state index in [1.54, 1.807) is 0 Å². The van der Waals surface area contributed by atoms with E-state index >= 15 is 0 Å². The third-order valence-corrected chi connectivity index (χ3v) is 3.73. The molecule has 0 aliphatic heterocycles. The quantitative estimate of drug-likeness (QED) is 0.691. The predicted molar refractivity (Wildman–Crippen MR) is 67.1 cm³/mol. The third kappa shape index (κ3) is 2.04. The molecule has 0 heterocycles. The lowest BCUT2D eigenvalue weighted by atomic mass is 9.87. The molecule has 1 aromatic carbocycles. The van der Waals surface area contributed by atoms with E-state index in [0.717, 1.165) is 17.8 Å². The van der Waals surface area contributed by atoms with Crippen LogP contribution in [0.15, 0.2) is 18.2 Å². The highest BCUT2D eigenvalue weighted by Gasteiger charge is 2.30. The Bertz CT molecular complexity index is 388. The maximum atomic E-state index is 11.3. The van der Waals surface area contributed by atoms with Crippen molar-refractivity contribution in [1.82, 2.24) is 0 Å². The zero-order valence-electron chi connectivity index (χ0n) is 10.4. The van der Waals surface area contributed by atoms with E-state index in [1.165, 1.54) is 24.0 Å². The van der Waals surface area contributed by atoms with Gasteiger partial charge in [-0.3, -0.25) is 4.79 Å². The molecule has 1 aliphatic carbocycles. The molecule has 1 saturated carbocycles. The monoisotopic (exact) mass is 216 g/mol. The molecule has 1 atom stereocenters. The lowest BCUT2D eigenvalue weighted by Crippen LogP contribution is -2.05. The van der Waals surface area contributed by atoms with E-state index in [9.17, 15) is 4.79 Å². The standard InChI is InChI=1S/C15H20O/c1-10(2)13-5-4-6-14(15(13)9-16)11(3)12-7-8-12/h4-6,9-12H,7-8H2,1-3H3/t11-/m1/s1. The molecule has 1 fully saturated rings. The van der Waals surface area contributed by atoms with E-state index in [1.807, 2.05) is 0 Å². The molecule has 1 aromatic rings. The number of carbonyl (C=O) groups is 1. The van der Waals surface area contributed by atoms with Gasteiger partial charge in [0.05, 0.1) is 0 Å². The molecular weight excluding hydrogens is 196 g/mol. The number of rotatable bonds is 4. The van der Waals surface area contributed by atoms with Crippen LogP contribution in [0.1, 0.15) is 66.9 Å². The summed E-state index contributed by atoms with van der Waals surface area (Å²) < 4.78 is 0. The van der Waals surface area contributed by atoms with Crippen molar-refractivity contribution in [3.05, 3.63) is 34.9 Å². The van der Waals surface area contributed by atoms with Crippen LogP contribution >= 0.6 is 0 Å². The highest BCUT2D eigenvalue weighted by atomic mass is 16.1. The summed E-state index contributed by atoms with van der Waals surface area (Å²) >= 11 is 0. The highest BCUT2D eigenvalue weighted by molar-refractivity contribution is 5.80.